The van der Waals surface area contributed by atoms with Gasteiger partial charge in [-0.25, -0.2) is 9.59 Å². The van der Waals surface area contributed by atoms with Gasteiger partial charge in [-0.15, -0.1) is 0 Å². The van der Waals surface area contributed by atoms with Crippen LogP contribution in [0.25, 0.3) is 11.1 Å². The molecule has 2 aromatic rings. The van der Waals surface area contributed by atoms with Gasteiger partial charge in [0.1, 0.15) is 5.56 Å². The Kier molecular flexibility index (Phi) is 2.36. The Hall–Kier alpha value is -1.56. The SMILES string of the molecule is COC(=O)c1cc(Br)cc2[nH]c(=O)oc12. The van der Waals surface area contributed by atoms with Crippen LogP contribution in [0.1, 0.15) is 10.4 Å². The largest absolute Gasteiger partial charge is 0.465 e. The minimum Gasteiger partial charge on any atom is -0.465 e. The number of halogens is 1. The second-order valence-corrected chi connectivity index (χ2v) is 3.75. The third kappa shape index (κ3) is 1.68. The topological polar surface area (TPSA) is 72.3 Å². The lowest BCUT2D eigenvalue weighted by molar-refractivity contribution is 0.0601. The minimum absolute atomic E-state index is 0.204. The van der Waals surface area contributed by atoms with Gasteiger partial charge in [-0.1, -0.05) is 15.9 Å². The first-order chi connectivity index (χ1) is 7.11. The van der Waals surface area contributed by atoms with E-state index in [2.05, 4.69) is 25.7 Å². The van der Waals surface area contributed by atoms with E-state index in [1.807, 2.05) is 0 Å². The van der Waals surface area contributed by atoms with Gasteiger partial charge in [0.15, 0.2) is 5.58 Å². The Bertz CT molecular complexity index is 583. The second-order valence-electron chi connectivity index (χ2n) is 2.84. The predicted molar refractivity (Wildman–Crippen MR) is 55.9 cm³/mol. The zero-order valence-corrected chi connectivity index (χ0v) is 9.25. The highest BCUT2D eigenvalue weighted by atomic mass is 79.9. The van der Waals surface area contributed by atoms with Crippen LogP contribution in [0.2, 0.25) is 0 Å². The standard InChI is InChI=1S/C9H6BrNO4/c1-14-8(12)5-2-4(10)3-6-7(5)15-9(13)11-6/h2-3H,1H3,(H,11,13). The fraction of sp³-hybridized carbons (Fsp3) is 0.111. The van der Waals surface area contributed by atoms with Gasteiger partial charge in [0, 0.05) is 4.47 Å². The van der Waals surface area contributed by atoms with Gasteiger partial charge in [0.25, 0.3) is 0 Å². The third-order valence-corrected chi connectivity index (χ3v) is 2.35. The molecule has 0 radical (unpaired) electrons. The van der Waals surface area contributed by atoms with Crippen molar-refractivity contribution in [1.29, 1.82) is 0 Å². The number of aromatic nitrogens is 1. The number of fused-ring (bicyclic) bond motifs is 1. The van der Waals surface area contributed by atoms with Gasteiger partial charge >= 0.3 is 11.7 Å². The normalized spacial score (nSPS) is 10.5. The summed E-state index contributed by atoms with van der Waals surface area (Å²) in [6.45, 7) is 0. The number of benzene rings is 1. The lowest BCUT2D eigenvalue weighted by Crippen LogP contribution is -2.01. The molecule has 1 aromatic heterocycles. The average molecular weight is 272 g/mol. The number of H-pyrrole nitrogens is 1. The van der Waals surface area contributed by atoms with Crippen molar-refractivity contribution in [1.82, 2.24) is 4.98 Å². The Labute approximate surface area is 92.2 Å². The maximum atomic E-state index is 11.4. The number of nitrogens with one attached hydrogen (secondary N) is 1. The molecule has 15 heavy (non-hydrogen) atoms. The van der Waals surface area contributed by atoms with Crippen LogP contribution in [-0.4, -0.2) is 18.1 Å². The second kappa shape index (κ2) is 3.54. The summed E-state index contributed by atoms with van der Waals surface area (Å²) >= 11 is 3.22. The van der Waals surface area contributed by atoms with Crippen molar-refractivity contribution >= 4 is 33.0 Å². The maximum absolute atomic E-state index is 11.4. The van der Waals surface area contributed by atoms with Crippen LogP contribution in [0.4, 0.5) is 0 Å². The molecule has 2 rings (SSSR count). The number of carbonyl (C=O) groups is 1. The number of rotatable bonds is 1. The quantitative estimate of drug-likeness (QED) is 0.801. The summed E-state index contributed by atoms with van der Waals surface area (Å²) in [6, 6.07) is 3.18. The molecule has 5 nitrogen and oxygen atoms in total. The Morgan fingerprint density at radius 2 is 2.27 bits per heavy atom. The molecule has 0 spiro atoms. The van der Waals surface area contributed by atoms with E-state index in [0.717, 1.165) is 0 Å². The summed E-state index contributed by atoms with van der Waals surface area (Å²) in [5, 5.41) is 0. The van der Waals surface area contributed by atoms with Crippen molar-refractivity contribution < 1.29 is 13.9 Å². The van der Waals surface area contributed by atoms with Crippen molar-refractivity contribution in [2.24, 2.45) is 0 Å². The molecule has 1 aromatic carbocycles. The number of hydrogen-bond acceptors (Lipinski definition) is 4. The highest BCUT2D eigenvalue weighted by Gasteiger charge is 2.15. The van der Waals surface area contributed by atoms with Crippen LogP contribution < -0.4 is 5.76 Å². The highest BCUT2D eigenvalue weighted by Crippen LogP contribution is 2.22. The van der Waals surface area contributed by atoms with E-state index >= 15 is 0 Å². The summed E-state index contributed by atoms with van der Waals surface area (Å²) < 4.78 is 10.1. The van der Waals surface area contributed by atoms with Crippen LogP contribution in [0.15, 0.2) is 25.8 Å². The van der Waals surface area contributed by atoms with E-state index in [-0.39, 0.29) is 11.1 Å². The van der Waals surface area contributed by atoms with E-state index in [0.29, 0.717) is 9.99 Å². The van der Waals surface area contributed by atoms with E-state index < -0.39 is 11.7 Å². The van der Waals surface area contributed by atoms with Gasteiger partial charge in [-0.3, -0.25) is 4.98 Å². The molecule has 0 aliphatic heterocycles. The molecular formula is C9H6BrNO4. The van der Waals surface area contributed by atoms with Crippen molar-refractivity contribution in [3.05, 3.63) is 32.7 Å². The fourth-order valence-electron chi connectivity index (χ4n) is 1.29. The smallest absolute Gasteiger partial charge is 0.417 e. The Balaban J connectivity index is 2.81. The predicted octanol–water partition coefficient (Wildman–Crippen LogP) is 1.67. The molecule has 0 bridgehead atoms. The first-order valence-electron chi connectivity index (χ1n) is 4.02. The third-order valence-electron chi connectivity index (χ3n) is 1.89. The molecule has 78 valence electrons. The molecule has 1 heterocycles. The number of methoxy groups -OCH3 is 1. The number of oxazole rings is 1. The molecule has 0 aliphatic rings. The van der Waals surface area contributed by atoms with E-state index in [1.54, 1.807) is 6.07 Å². The Morgan fingerprint density at radius 3 is 2.93 bits per heavy atom. The summed E-state index contributed by atoms with van der Waals surface area (Å²) in [5.41, 5.74) is 0.866. The lowest BCUT2D eigenvalue weighted by atomic mass is 10.2. The van der Waals surface area contributed by atoms with Crippen LogP contribution in [0, 0.1) is 0 Å². The van der Waals surface area contributed by atoms with Gasteiger partial charge in [0.05, 0.1) is 12.6 Å². The van der Waals surface area contributed by atoms with E-state index in [1.165, 1.54) is 13.2 Å². The molecule has 0 saturated heterocycles. The van der Waals surface area contributed by atoms with Gasteiger partial charge < -0.3 is 9.15 Å². The van der Waals surface area contributed by atoms with Crippen molar-refractivity contribution in [2.75, 3.05) is 7.11 Å². The highest BCUT2D eigenvalue weighted by molar-refractivity contribution is 9.10. The lowest BCUT2D eigenvalue weighted by Gasteiger charge is -1.99. The van der Waals surface area contributed by atoms with Gasteiger partial charge in [0.2, 0.25) is 0 Å². The molecule has 0 aliphatic carbocycles. The molecule has 0 unspecified atom stereocenters. The number of aromatic amines is 1. The van der Waals surface area contributed by atoms with E-state index in [9.17, 15) is 9.59 Å². The van der Waals surface area contributed by atoms with Gasteiger partial charge in [-0.2, -0.15) is 0 Å². The molecule has 0 fully saturated rings. The zero-order valence-electron chi connectivity index (χ0n) is 7.67. The first-order valence-corrected chi connectivity index (χ1v) is 4.82. The molecule has 1 N–H and O–H groups in total. The van der Waals surface area contributed by atoms with Crippen molar-refractivity contribution in [3.63, 3.8) is 0 Å². The number of carbonyl (C=O) groups excluding carboxylic acids is 1. The number of hydrogen-bond donors (Lipinski definition) is 1. The van der Waals surface area contributed by atoms with Crippen LogP contribution in [0.3, 0.4) is 0 Å². The molecule has 0 saturated carbocycles. The molecular weight excluding hydrogens is 266 g/mol. The van der Waals surface area contributed by atoms with E-state index in [4.69, 9.17) is 4.42 Å². The summed E-state index contributed by atoms with van der Waals surface area (Å²) in [5.74, 6) is -1.16. The first kappa shape index (κ1) is 9.97. The van der Waals surface area contributed by atoms with Crippen molar-refractivity contribution in [2.45, 2.75) is 0 Å². The summed E-state index contributed by atoms with van der Waals surface area (Å²) in [4.78, 5) is 24.8. The zero-order chi connectivity index (χ0) is 11.0. The molecule has 6 heteroatoms. The molecule has 0 amide bonds. The van der Waals surface area contributed by atoms with Crippen LogP contribution in [0.5, 0.6) is 0 Å². The monoisotopic (exact) mass is 271 g/mol. The van der Waals surface area contributed by atoms with Gasteiger partial charge in [-0.05, 0) is 12.1 Å². The van der Waals surface area contributed by atoms with Crippen LogP contribution in [-0.2, 0) is 4.74 Å². The maximum Gasteiger partial charge on any atom is 0.417 e. The average Bonchev–Trinajstić information content (AvgIpc) is 2.55. The summed E-state index contributed by atoms with van der Waals surface area (Å²) in [7, 11) is 1.26. The fourth-order valence-corrected chi connectivity index (χ4v) is 1.74. The Morgan fingerprint density at radius 1 is 1.53 bits per heavy atom. The summed E-state index contributed by atoms with van der Waals surface area (Å²) in [6.07, 6.45) is 0. The minimum atomic E-state index is -0.603. The number of esters is 1. The van der Waals surface area contributed by atoms with Crippen LogP contribution >= 0.6 is 15.9 Å². The van der Waals surface area contributed by atoms with Crippen molar-refractivity contribution in [3.8, 4) is 0 Å². The molecule has 0 atom stereocenters. The number of ether oxygens (including phenoxy) is 1.